The van der Waals surface area contributed by atoms with Crippen LogP contribution in [0.1, 0.15) is 28.3 Å². The smallest absolute Gasteiger partial charge is 0.433 e. The Morgan fingerprint density at radius 2 is 1.94 bits per heavy atom. The van der Waals surface area contributed by atoms with Crippen molar-refractivity contribution in [3.8, 4) is 0 Å². The topological polar surface area (TPSA) is 66.2 Å². The number of nitrogens with one attached hydrogen (secondary N) is 2. The molecule has 0 bridgehead atoms. The number of thiocarbonyl (C=S) groups is 1. The minimum atomic E-state index is -4.61. The summed E-state index contributed by atoms with van der Waals surface area (Å²) in [7, 11) is 0. The molecular formula is C21H20F3N5OS. The van der Waals surface area contributed by atoms with Gasteiger partial charge in [0, 0.05) is 19.2 Å². The van der Waals surface area contributed by atoms with E-state index in [4.69, 9.17) is 16.6 Å². The number of benzene rings is 1. The zero-order valence-corrected chi connectivity index (χ0v) is 17.5. The molecule has 1 aliphatic rings. The maximum absolute atomic E-state index is 13.5. The monoisotopic (exact) mass is 447 g/mol. The predicted octanol–water partition coefficient (Wildman–Crippen LogP) is 4.45. The molecule has 0 saturated heterocycles. The molecule has 0 unspecified atom stereocenters. The van der Waals surface area contributed by atoms with Crippen LogP contribution in [-0.2, 0) is 25.7 Å². The predicted molar refractivity (Wildman–Crippen MR) is 115 cm³/mol. The molecule has 3 heterocycles. The molecule has 0 fully saturated rings. The van der Waals surface area contributed by atoms with E-state index in [9.17, 15) is 13.2 Å². The third-order valence-electron chi connectivity index (χ3n) is 4.90. The number of halogens is 3. The summed E-state index contributed by atoms with van der Waals surface area (Å²) in [4.78, 5) is 9.73. The number of rotatable bonds is 4. The summed E-state index contributed by atoms with van der Waals surface area (Å²) >= 11 is 5.19. The zero-order chi connectivity index (χ0) is 22.0. The Morgan fingerprint density at radius 1 is 1.16 bits per heavy atom. The number of aryl methyl sites for hydroxylation is 1. The molecule has 0 amide bonds. The van der Waals surface area contributed by atoms with E-state index >= 15 is 0 Å². The molecule has 4 rings (SSSR count). The summed E-state index contributed by atoms with van der Waals surface area (Å²) in [6.07, 6.45) is -3.88. The zero-order valence-electron chi connectivity index (χ0n) is 16.7. The molecule has 1 aromatic carbocycles. The van der Waals surface area contributed by atoms with Crippen molar-refractivity contribution < 1.29 is 17.6 Å². The second-order valence-electron chi connectivity index (χ2n) is 7.19. The number of aromatic nitrogens is 2. The van der Waals surface area contributed by atoms with E-state index in [1.165, 1.54) is 5.56 Å². The van der Waals surface area contributed by atoms with Crippen molar-refractivity contribution in [2.24, 2.45) is 0 Å². The summed E-state index contributed by atoms with van der Waals surface area (Å²) in [6.45, 7) is 3.14. The molecule has 6 nitrogen and oxygen atoms in total. The fourth-order valence-electron chi connectivity index (χ4n) is 3.38. The van der Waals surface area contributed by atoms with E-state index in [1.807, 2.05) is 42.2 Å². The van der Waals surface area contributed by atoms with Crippen LogP contribution in [0.5, 0.6) is 0 Å². The first-order valence-corrected chi connectivity index (χ1v) is 10.1. The fourth-order valence-corrected chi connectivity index (χ4v) is 3.55. The second kappa shape index (κ2) is 8.54. The summed E-state index contributed by atoms with van der Waals surface area (Å²) in [5, 5.41) is 5.64. The van der Waals surface area contributed by atoms with E-state index in [1.54, 1.807) is 6.07 Å². The number of alkyl halides is 3. The van der Waals surface area contributed by atoms with E-state index in [2.05, 4.69) is 20.6 Å². The van der Waals surface area contributed by atoms with Crippen molar-refractivity contribution >= 4 is 29.1 Å². The Kier molecular flexibility index (Phi) is 5.81. The van der Waals surface area contributed by atoms with E-state index in [0.29, 0.717) is 18.8 Å². The summed E-state index contributed by atoms with van der Waals surface area (Å²) in [5.74, 6) is 1.39. The molecule has 31 heavy (non-hydrogen) atoms. The minimum Gasteiger partial charge on any atom is -0.465 e. The highest BCUT2D eigenvalue weighted by Gasteiger charge is 2.34. The molecule has 0 atom stereocenters. The molecule has 0 saturated carbocycles. The van der Waals surface area contributed by atoms with Crippen LogP contribution in [0.4, 0.5) is 24.9 Å². The van der Waals surface area contributed by atoms with Gasteiger partial charge in [-0.05, 0) is 48.8 Å². The Hall–Kier alpha value is -3.14. The van der Waals surface area contributed by atoms with Crippen LogP contribution in [0, 0.1) is 6.92 Å². The van der Waals surface area contributed by atoms with Gasteiger partial charge in [0.2, 0.25) is 5.95 Å². The number of hydrogen-bond donors (Lipinski definition) is 2. The number of nitrogens with zero attached hydrogens (tertiary/aromatic N) is 3. The van der Waals surface area contributed by atoms with Crippen molar-refractivity contribution in [3.05, 3.63) is 70.8 Å². The standard InChI is InChI=1S/C21H20F3N5OS/c1-13-6-7-16(30-13)11-25-20(31)28-19-26-17(21(22,23)24)10-18(27-19)29-9-8-14-4-2-3-5-15(14)12-29/h2-7,10H,8-9,11-12H2,1H3,(H2,25,26,27,28,31). The molecule has 0 spiro atoms. The van der Waals surface area contributed by atoms with Crippen LogP contribution in [-0.4, -0.2) is 21.6 Å². The minimum absolute atomic E-state index is 0.100. The first kappa shape index (κ1) is 21.1. The fraction of sp³-hybridized carbons (Fsp3) is 0.286. The van der Waals surface area contributed by atoms with Gasteiger partial charge in [-0.25, -0.2) is 4.98 Å². The van der Waals surface area contributed by atoms with Crippen LogP contribution < -0.4 is 15.5 Å². The van der Waals surface area contributed by atoms with Gasteiger partial charge in [-0.2, -0.15) is 18.2 Å². The van der Waals surface area contributed by atoms with E-state index < -0.39 is 11.9 Å². The Morgan fingerprint density at radius 3 is 2.65 bits per heavy atom. The van der Waals surface area contributed by atoms with Crippen LogP contribution >= 0.6 is 12.2 Å². The Balaban J connectivity index is 1.53. The lowest BCUT2D eigenvalue weighted by atomic mass is 10.00. The van der Waals surface area contributed by atoms with Crippen molar-refractivity contribution in [1.29, 1.82) is 0 Å². The molecule has 1 aliphatic heterocycles. The highest BCUT2D eigenvalue weighted by atomic mass is 32.1. The largest absolute Gasteiger partial charge is 0.465 e. The van der Waals surface area contributed by atoms with Crippen LogP contribution in [0.3, 0.4) is 0 Å². The molecule has 0 radical (unpaired) electrons. The highest BCUT2D eigenvalue weighted by molar-refractivity contribution is 7.80. The lowest BCUT2D eigenvalue weighted by molar-refractivity contribution is -0.141. The Labute approximate surface area is 182 Å². The summed E-state index contributed by atoms with van der Waals surface area (Å²) < 4.78 is 45.8. The quantitative estimate of drug-likeness (QED) is 0.573. The average Bonchev–Trinajstić information content (AvgIpc) is 3.16. The number of anilines is 2. The van der Waals surface area contributed by atoms with Gasteiger partial charge < -0.3 is 20.0 Å². The van der Waals surface area contributed by atoms with Crippen molar-refractivity contribution in [3.63, 3.8) is 0 Å². The summed E-state index contributed by atoms with van der Waals surface area (Å²) in [5.41, 5.74) is 1.24. The van der Waals surface area contributed by atoms with Gasteiger partial charge in [0.05, 0.1) is 6.54 Å². The summed E-state index contributed by atoms with van der Waals surface area (Å²) in [6, 6.07) is 12.5. The Bertz CT molecular complexity index is 1100. The van der Waals surface area contributed by atoms with Crippen LogP contribution in [0.2, 0.25) is 0 Å². The molecule has 0 aliphatic carbocycles. The molecule has 10 heteroatoms. The number of furan rings is 1. The second-order valence-corrected chi connectivity index (χ2v) is 7.60. The van der Waals surface area contributed by atoms with Crippen LogP contribution in [0.25, 0.3) is 0 Å². The number of fused-ring (bicyclic) bond motifs is 1. The highest BCUT2D eigenvalue weighted by Crippen LogP contribution is 2.32. The molecular weight excluding hydrogens is 427 g/mol. The normalized spacial score (nSPS) is 13.6. The maximum atomic E-state index is 13.5. The van der Waals surface area contributed by atoms with E-state index in [-0.39, 0.29) is 23.4 Å². The number of hydrogen-bond acceptors (Lipinski definition) is 5. The molecule has 2 N–H and O–H groups in total. The molecule has 2 aromatic heterocycles. The third-order valence-corrected chi connectivity index (χ3v) is 5.15. The van der Waals surface area contributed by atoms with Gasteiger partial charge in [-0.1, -0.05) is 24.3 Å². The maximum Gasteiger partial charge on any atom is 0.433 e. The van der Waals surface area contributed by atoms with Gasteiger partial charge in [0.25, 0.3) is 0 Å². The van der Waals surface area contributed by atoms with Crippen LogP contribution in [0.15, 0.2) is 46.9 Å². The SMILES string of the molecule is Cc1ccc(CNC(=S)Nc2nc(N3CCc4ccccc4C3)cc(C(F)(F)F)n2)o1. The molecule has 3 aromatic rings. The van der Waals surface area contributed by atoms with Gasteiger partial charge in [0.1, 0.15) is 17.3 Å². The third kappa shape index (κ3) is 5.13. The average molecular weight is 447 g/mol. The lowest BCUT2D eigenvalue weighted by Gasteiger charge is -2.30. The van der Waals surface area contributed by atoms with Gasteiger partial charge >= 0.3 is 6.18 Å². The van der Waals surface area contributed by atoms with Gasteiger partial charge in [-0.3, -0.25) is 0 Å². The first-order valence-electron chi connectivity index (χ1n) is 9.66. The van der Waals surface area contributed by atoms with Gasteiger partial charge in [-0.15, -0.1) is 0 Å². The van der Waals surface area contributed by atoms with E-state index in [0.717, 1.165) is 23.8 Å². The van der Waals surface area contributed by atoms with Crippen molar-refractivity contribution in [1.82, 2.24) is 15.3 Å². The lowest BCUT2D eigenvalue weighted by Crippen LogP contribution is -2.33. The van der Waals surface area contributed by atoms with Gasteiger partial charge in [0.15, 0.2) is 10.8 Å². The first-order chi connectivity index (χ1) is 14.8. The molecule has 162 valence electrons. The van der Waals surface area contributed by atoms with Crippen molar-refractivity contribution in [2.75, 3.05) is 16.8 Å². The van der Waals surface area contributed by atoms with Crippen molar-refractivity contribution in [2.45, 2.75) is 32.6 Å².